The minimum atomic E-state index is 0.727. The number of hydrogen-bond acceptors (Lipinski definition) is 0. The monoisotopic (exact) mass is 325 g/mol. The molecular weight excluding hydrogens is 292 g/mol. The molecule has 0 saturated heterocycles. The summed E-state index contributed by atoms with van der Waals surface area (Å²) in [5.74, 6) is 1.73. The number of nitrogens with one attached hydrogen (secondary N) is 1. The first-order valence-corrected chi connectivity index (χ1v) is 10.2. The van der Waals surface area contributed by atoms with E-state index in [1.165, 1.54) is 74.4 Å². The van der Waals surface area contributed by atoms with E-state index in [-0.39, 0.29) is 0 Å². The van der Waals surface area contributed by atoms with Crippen molar-refractivity contribution in [1.29, 1.82) is 0 Å². The molecule has 1 fully saturated rings. The third-order valence-electron chi connectivity index (χ3n) is 6.70. The second-order valence-corrected chi connectivity index (χ2v) is 8.32. The summed E-state index contributed by atoms with van der Waals surface area (Å²) in [7, 11) is 0. The molecule has 2 aliphatic rings. The molecule has 2 heteroatoms. The van der Waals surface area contributed by atoms with E-state index in [2.05, 4.69) is 42.3 Å². The summed E-state index contributed by atoms with van der Waals surface area (Å²) in [4.78, 5) is 3.78. The molecule has 4 rings (SSSR count). The van der Waals surface area contributed by atoms with Crippen molar-refractivity contribution >= 4 is 10.9 Å². The van der Waals surface area contributed by atoms with Crippen LogP contribution in [0.25, 0.3) is 10.9 Å². The SMILES string of the molecule is CCC1CCC([NH2+]C[C@@H]2CCCc3c2[nH]c2ccc(C)cc32)CC1. The van der Waals surface area contributed by atoms with Gasteiger partial charge in [0, 0.05) is 22.5 Å². The summed E-state index contributed by atoms with van der Waals surface area (Å²) in [5, 5.41) is 4.17. The highest BCUT2D eigenvalue weighted by Crippen LogP contribution is 2.35. The zero-order valence-electron chi connectivity index (χ0n) is 15.4. The predicted molar refractivity (Wildman–Crippen MR) is 102 cm³/mol. The Kier molecular flexibility index (Phi) is 4.67. The summed E-state index contributed by atoms with van der Waals surface area (Å²) in [5.41, 5.74) is 5.90. The minimum absolute atomic E-state index is 0.727. The van der Waals surface area contributed by atoms with Crippen molar-refractivity contribution in [3.8, 4) is 0 Å². The largest absolute Gasteiger partial charge is 0.358 e. The lowest BCUT2D eigenvalue weighted by Gasteiger charge is -2.28. The number of quaternary nitrogens is 1. The van der Waals surface area contributed by atoms with Gasteiger partial charge in [0.05, 0.1) is 12.6 Å². The fourth-order valence-electron chi connectivity index (χ4n) is 5.09. The molecule has 0 radical (unpaired) electrons. The van der Waals surface area contributed by atoms with E-state index < -0.39 is 0 Å². The van der Waals surface area contributed by atoms with E-state index in [4.69, 9.17) is 0 Å². The van der Waals surface area contributed by atoms with E-state index in [1.54, 1.807) is 11.3 Å². The Morgan fingerprint density at radius 1 is 1.12 bits per heavy atom. The number of aryl methyl sites for hydroxylation is 2. The Bertz CT molecular complexity index is 691. The van der Waals surface area contributed by atoms with Gasteiger partial charge in [-0.05, 0) is 75.5 Å². The maximum atomic E-state index is 3.78. The van der Waals surface area contributed by atoms with E-state index >= 15 is 0 Å². The number of rotatable bonds is 4. The Balaban J connectivity index is 1.45. The van der Waals surface area contributed by atoms with Gasteiger partial charge in [0.2, 0.25) is 0 Å². The molecular formula is C22H33N2+. The van der Waals surface area contributed by atoms with Gasteiger partial charge in [0.15, 0.2) is 0 Å². The van der Waals surface area contributed by atoms with Gasteiger partial charge in [-0.15, -0.1) is 0 Å². The van der Waals surface area contributed by atoms with Gasteiger partial charge in [-0.25, -0.2) is 0 Å². The lowest BCUT2D eigenvalue weighted by atomic mass is 9.83. The number of benzene rings is 1. The first-order chi connectivity index (χ1) is 11.7. The Morgan fingerprint density at radius 3 is 2.75 bits per heavy atom. The number of fused-ring (bicyclic) bond motifs is 3. The van der Waals surface area contributed by atoms with Crippen molar-refractivity contribution in [2.75, 3.05) is 6.54 Å². The molecule has 3 N–H and O–H groups in total. The summed E-state index contributed by atoms with van der Waals surface area (Å²) in [6, 6.07) is 7.76. The number of nitrogens with two attached hydrogens (primary N) is 1. The molecule has 1 aromatic carbocycles. The molecule has 1 aromatic heterocycles. The van der Waals surface area contributed by atoms with Crippen LogP contribution in [0.3, 0.4) is 0 Å². The first kappa shape index (κ1) is 16.2. The number of aromatic nitrogens is 1. The van der Waals surface area contributed by atoms with Gasteiger partial charge in [-0.1, -0.05) is 25.0 Å². The zero-order valence-corrected chi connectivity index (χ0v) is 15.4. The molecule has 1 heterocycles. The third-order valence-corrected chi connectivity index (χ3v) is 6.70. The van der Waals surface area contributed by atoms with Gasteiger partial charge in [0.25, 0.3) is 0 Å². The van der Waals surface area contributed by atoms with Crippen LogP contribution in [0.4, 0.5) is 0 Å². The van der Waals surface area contributed by atoms with Crippen LogP contribution in [-0.2, 0) is 6.42 Å². The molecule has 0 amide bonds. The molecule has 2 aliphatic carbocycles. The lowest BCUT2D eigenvalue weighted by Crippen LogP contribution is -2.91. The molecule has 0 spiro atoms. The van der Waals surface area contributed by atoms with Gasteiger partial charge in [0.1, 0.15) is 0 Å². The second-order valence-electron chi connectivity index (χ2n) is 8.32. The van der Waals surface area contributed by atoms with Gasteiger partial charge < -0.3 is 10.3 Å². The topological polar surface area (TPSA) is 32.4 Å². The smallest absolute Gasteiger partial charge is 0.0859 e. The Morgan fingerprint density at radius 2 is 1.96 bits per heavy atom. The predicted octanol–water partition coefficient (Wildman–Crippen LogP) is 4.43. The maximum Gasteiger partial charge on any atom is 0.0859 e. The van der Waals surface area contributed by atoms with Crippen LogP contribution in [-0.4, -0.2) is 17.6 Å². The summed E-state index contributed by atoms with van der Waals surface area (Å²) in [6.07, 6.45) is 11.1. The Labute approximate surface area is 146 Å². The second kappa shape index (κ2) is 6.92. The van der Waals surface area contributed by atoms with Crippen LogP contribution in [0.5, 0.6) is 0 Å². The summed E-state index contributed by atoms with van der Waals surface area (Å²) in [6.45, 7) is 5.84. The highest BCUT2D eigenvalue weighted by molar-refractivity contribution is 5.85. The first-order valence-electron chi connectivity index (χ1n) is 10.2. The number of H-pyrrole nitrogens is 1. The fourth-order valence-corrected chi connectivity index (χ4v) is 5.09. The zero-order chi connectivity index (χ0) is 16.5. The highest BCUT2D eigenvalue weighted by atomic mass is 14.9. The van der Waals surface area contributed by atoms with Crippen LogP contribution < -0.4 is 5.32 Å². The minimum Gasteiger partial charge on any atom is -0.358 e. The molecule has 2 aromatic rings. The number of aromatic amines is 1. The maximum absolute atomic E-state index is 3.78. The fraction of sp³-hybridized carbons (Fsp3) is 0.636. The van der Waals surface area contributed by atoms with Gasteiger partial charge in [-0.2, -0.15) is 0 Å². The van der Waals surface area contributed by atoms with Crippen LogP contribution in [0.15, 0.2) is 18.2 Å². The van der Waals surface area contributed by atoms with Gasteiger partial charge in [-0.3, -0.25) is 0 Å². The highest BCUT2D eigenvalue weighted by Gasteiger charge is 2.28. The molecule has 2 nitrogen and oxygen atoms in total. The molecule has 130 valence electrons. The molecule has 24 heavy (non-hydrogen) atoms. The lowest BCUT2D eigenvalue weighted by molar-refractivity contribution is -0.694. The van der Waals surface area contributed by atoms with Crippen molar-refractivity contribution in [2.45, 2.75) is 77.2 Å². The van der Waals surface area contributed by atoms with Gasteiger partial charge >= 0.3 is 0 Å². The molecule has 0 unspecified atom stereocenters. The average molecular weight is 326 g/mol. The van der Waals surface area contributed by atoms with Crippen LogP contribution in [0, 0.1) is 12.8 Å². The van der Waals surface area contributed by atoms with Crippen molar-refractivity contribution in [3.63, 3.8) is 0 Å². The van der Waals surface area contributed by atoms with Crippen molar-refractivity contribution in [2.24, 2.45) is 5.92 Å². The standard InChI is InChI=1S/C22H32N2/c1-3-16-8-10-18(11-9-16)23-14-17-5-4-6-19-20-13-15(2)7-12-21(20)24-22(17)19/h7,12-13,16-18,23-24H,3-6,8-11,14H2,1-2H3/p+1/t16?,17-,18?/m0/s1. The Hall–Kier alpha value is -1.28. The van der Waals surface area contributed by atoms with E-state index in [0.29, 0.717) is 0 Å². The summed E-state index contributed by atoms with van der Waals surface area (Å²) >= 11 is 0. The molecule has 1 saturated carbocycles. The average Bonchev–Trinajstić information content (AvgIpc) is 2.99. The molecule has 1 atom stereocenters. The normalized spacial score (nSPS) is 27.3. The summed E-state index contributed by atoms with van der Waals surface area (Å²) < 4.78 is 0. The van der Waals surface area contributed by atoms with Crippen molar-refractivity contribution in [3.05, 3.63) is 35.0 Å². The quantitative estimate of drug-likeness (QED) is 0.834. The number of hydrogen-bond donors (Lipinski definition) is 2. The van der Waals surface area contributed by atoms with Crippen LogP contribution >= 0.6 is 0 Å². The van der Waals surface area contributed by atoms with Crippen molar-refractivity contribution in [1.82, 2.24) is 4.98 Å². The van der Waals surface area contributed by atoms with E-state index in [9.17, 15) is 0 Å². The van der Waals surface area contributed by atoms with Crippen molar-refractivity contribution < 1.29 is 5.32 Å². The van der Waals surface area contributed by atoms with E-state index in [1.807, 2.05) is 0 Å². The molecule has 0 bridgehead atoms. The van der Waals surface area contributed by atoms with Crippen LogP contribution in [0.2, 0.25) is 0 Å². The molecule has 0 aliphatic heterocycles. The van der Waals surface area contributed by atoms with Crippen LogP contribution in [0.1, 0.15) is 74.6 Å². The third kappa shape index (κ3) is 3.13. The van der Waals surface area contributed by atoms with E-state index in [0.717, 1.165) is 17.9 Å².